The first-order valence-electron chi connectivity index (χ1n) is 7.57. The summed E-state index contributed by atoms with van der Waals surface area (Å²) in [6.45, 7) is 1.74. The van der Waals surface area contributed by atoms with Crippen LogP contribution in [0.2, 0.25) is 0 Å². The monoisotopic (exact) mass is 334 g/mol. The standard InChI is InChI=1S/C16H18N2O4S/c1-9-8-11(22-18-9)14(19)17-15-13(16(20)21-2)10-6-4-3-5-7-12(10)23-15/h8H,3-7H2,1-2H3,(H,17,19). The minimum atomic E-state index is -0.410. The van der Waals surface area contributed by atoms with E-state index in [1.54, 1.807) is 13.0 Å². The Morgan fingerprint density at radius 3 is 2.78 bits per heavy atom. The lowest BCUT2D eigenvalue weighted by Gasteiger charge is -2.06. The largest absolute Gasteiger partial charge is 0.465 e. The van der Waals surface area contributed by atoms with E-state index in [0.29, 0.717) is 16.3 Å². The topological polar surface area (TPSA) is 81.4 Å². The predicted octanol–water partition coefficient (Wildman–Crippen LogP) is 3.35. The van der Waals surface area contributed by atoms with E-state index in [0.717, 1.165) is 42.5 Å². The Labute approximate surface area is 137 Å². The third-order valence-corrected chi connectivity index (χ3v) is 5.10. The zero-order chi connectivity index (χ0) is 16.4. The fourth-order valence-electron chi connectivity index (χ4n) is 2.78. The highest BCUT2D eigenvalue weighted by atomic mass is 32.1. The molecule has 122 valence electrons. The molecule has 0 fully saturated rings. The van der Waals surface area contributed by atoms with Crippen LogP contribution in [0.3, 0.4) is 0 Å². The van der Waals surface area contributed by atoms with Gasteiger partial charge in [-0.2, -0.15) is 0 Å². The Kier molecular flexibility index (Phi) is 4.47. The molecule has 1 amide bonds. The van der Waals surface area contributed by atoms with Crippen LogP contribution in [-0.2, 0) is 17.6 Å². The number of carbonyl (C=O) groups excluding carboxylic acids is 2. The Bertz CT molecular complexity index is 747. The molecular weight excluding hydrogens is 316 g/mol. The van der Waals surface area contributed by atoms with Gasteiger partial charge in [-0.05, 0) is 38.2 Å². The normalized spacial score (nSPS) is 14.0. The zero-order valence-corrected chi connectivity index (χ0v) is 13.9. The number of amides is 1. The average molecular weight is 334 g/mol. The second-order valence-electron chi connectivity index (χ2n) is 5.55. The second-order valence-corrected chi connectivity index (χ2v) is 6.65. The van der Waals surface area contributed by atoms with E-state index >= 15 is 0 Å². The second kappa shape index (κ2) is 6.54. The first-order chi connectivity index (χ1) is 11.1. The van der Waals surface area contributed by atoms with E-state index in [-0.39, 0.29) is 5.76 Å². The molecule has 1 aliphatic rings. The maximum atomic E-state index is 12.3. The summed E-state index contributed by atoms with van der Waals surface area (Å²) in [5, 5.41) is 7.01. The summed E-state index contributed by atoms with van der Waals surface area (Å²) in [6, 6.07) is 1.56. The number of anilines is 1. The minimum Gasteiger partial charge on any atom is -0.465 e. The van der Waals surface area contributed by atoms with Crippen molar-refractivity contribution >= 4 is 28.2 Å². The van der Waals surface area contributed by atoms with Gasteiger partial charge in [0.2, 0.25) is 5.76 Å². The highest BCUT2D eigenvalue weighted by molar-refractivity contribution is 7.17. The Hall–Kier alpha value is -2.15. The fourth-order valence-corrected chi connectivity index (χ4v) is 4.06. The lowest BCUT2D eigenvalue weighted by molar-refractivity contribution is 0.0601. The maximum Gasteiger partial charge on any atom is 0.341 e. The van der Waals surface area contributed by atoms with Crippen molar-refractivity contribution in [2.45, 2.75) is 39.0 Å². The van der Waals surface area contributed by atoms with Gasteiger partial charge in [0, 0.05) is 10.9 Å². The summed E-state index contributed by atoms with van der Waals surface area (Å²) in [6.07, 6.45) is 5.07. The minimum absolute atomic E-state index is 0.127. The molecule has 0 aliphatic heterocycles. The summed E-state index contributed by atoms with van der Waals surface area (Å²) in [5.74, 6) is -0.692. The SMILES string of the molecule is COC(=O)c1c(NC(=O)c2cc(C)no2)sc2c1CCCCC2. The maximum absolute atomic E-state index is 12.3. The molecule has 0 bridgehead atoms. The van der Waals surface area contributed by atoms with Crippen LogP contribution in [0.4, 0.5) is 5.00 Å². The summed E-state index contributed by atoms with van der Waals surface area (Å²) in [5.41, 5.74) is 2.13. The first kappa shape index (κ1) is 15.7. The molecular formula is C16H18N2O4S. The van der Waals surface area contributed by atoms with E-state index in [4.69, 9.17) is 9.26 Å². The third-order valence-electron chi connectivity index (χ3n) is 3.89. The molecule has 2 aromatic rings. The summed E-state index contributed by atoms with van der Waals surface area (Å²) in [4.78, 5) is 25.6. The molecule has 6 nitrogen and oxygen atoms in total. The van der Waals surface area contributed by atoms with Gasteiger partial charge in [-0.15, -0.1) is 11.3 Å². The van der Waals surface area contributed by atoms with Crippen molar-refractivity contribution in [3.05, 3.63) is 33.5 Å². The van der Waals surface area contributed by atoms with Crippen molar-refractivity contribution in [2.24, 2.45) is 0 Å². The Balaban J connectivity index is 1.94. The smallest absolute Gasteiger partial charge is 0.341 e. The number of rotatable bonds is 3. The van der Waals surface area contributed by atoms with E-state index in [9.17, 15) is 9.59 Å². The molecule has 23 heavy (non-hydrogen) atoms. The number of ether oxygens (including phenoxy) is 1. The number of esters is 1. The van der Waals surface area contributed by atoms with Crippen LogP contribution in [0.25, 0.3) is 0 Å². The average Bonchev–Trinajstić information content (AvgIpc) is 3.03. The van der Waals surface area contributed by atoms with Gasteiger partial charge >= 0.3 is 5.97 Å². The summed E-state index contributed by atoms with van der Waals surface area (Å²) in [7, 11) is 1.36. The number of nitrogens with one attached hydrogen (secondary N) is 1. The molecule has 0 aromatic carbocycles. The fraction of sp³-hybridized carbons (Fsp3) is 0.438. The van der Waals surface area contributed by atoms with Gasteiger partial charge in [0.25, 0.3) is 5.91 Å². The van der Waals surface area contributed by atoms with Crippen molar-refractivity contribution in [3.63, 3.8) is 0 Å². The quantitative estimate of drug-likeness (QED) is 0.687. The Morgan fingerprint density at radius 1 is 1.30 bits per heavy atom. The van der Waals surface area contributed by atoms with Crippen LogP contribution in [0.15, 0.2) is 10.6 Å². The van der Waals surface area contributed by atoms with Crippen LogP contribution in [0.5, 0.6) is 0 Å². The molecule has 0 saturated heterocycles. The van der Waals surface area contributed by atoms with E-state index < -0.39 is 11.9 Å². The van der Waals surface area contributed by atoms with Crippen molar-refractivity contribution in [1.29, 1.82) is 0 Å². The number of fused-ring (bicyclic) bond motifs is 1. The number of thiophene rings is 1. The molecule has 0 atom stereocenters. The van der Waals surface area contributed by atoms with E-state index in [2.05, 4.69) is 10.5 Å². The lowest BCUT2D eigenvalue weighted by atomic mass is 10.1. The van der Waals surface area contributed by atoms with Gasteiger partial charge < -0.3 is 14.6 Å². The van der Waals surface area contributed by atoms with E-state index in [1.807, 2.05) is 0 Å². The zero-order valence-electron chi connectivity index (χ0n) is 13.1. The molecule has 2 heterocycles. The number of nitrogens with zero attached hydrogens (tertiary/aromatic N) is 1. The van der Waals surface area contributed by atoms with Crippen LogP contribution in [-0.4, -0.2) is 24.1 Å². The van der Waals surface area contributed by atoms with Crippen LogP contribution in [0, 0.1) is 6.92 Å². The predicted molar refractivity (Wildman–Crippen MR) is 86.1 cm³/mol. The van der Waals surface area contributed by atoms with Gasteiger partial charge in [0.05, 0.1) is 18.4 Å². The van der Waals surface area contributed by atoms with Crippen molar-refractivity contribution in [3.8, 4) is 0 Å². The molecule has 1 aliphatic carbocycles. The molecule has 7 heteroatoms. The highest BCUT2D eigenvalue weighted by Crippen LogP contribution is 2.38. The van der Waals surface area contributed by atoms with Gasteiger partial charge in [-0.25, -0.2) is 4.79 Å². The van der Waals surface area contributed by atoms with Gasteiger partial charge in [-0.3, -0.25) is 4.79 Å². The molecule has 1 N–H and O–H groups in total. The highest BCUT2D eigenvalue weighted by Gasteiger charge is 2.27. The van der Waals surface area contributed by atoms with Gasteiger partial charge in [0.15, 0.2) is 0 Å². The molecule has 0 unspecified atom stereocenters. The van der Waals surface area contributed by atoms with Crippen LogP contribution < -0.4 is 5.32 Å². The lowest BCUT2D eigenvalue weighted by Crippen LogP contribution is -2.14. The molecule has 0 radical (unpaired) electrons. The molecule has 2 aromatic heterocycles. The molecule has 0 spiro atoms. The number of methoxy groups -OCH3 is 1. The van der Waals surface area contributed by atoms with Crippen molar-refractivity contribution in [1.82, 2.24) is 5.16 Å². The van der Waals surface area contributed by atoms with Gasteiger partial charge in [0.1, 0.15) is 5.00 Å². The Morgan fingerprint density at radius 2 is 2.09 bits per heavy atom. The molecule has 0 saturated carbocycles. The summed E-state index contributed by atoms with van der Waals surface area (Å²) >= 11 is 1.45. The first-order valence-corrected chi connectivity index (χ1v) is 8.39. The number of carbonyl (C=O) groups is 2. The van der Waals surface area contributed by atoms with Crippen LogP contribution >= 0.6 is 11.3 Å². The van der Waals surface area contributed by atoms with Crippen molar-refractivity contribution < 1.29 is 18.8 Å². The number of aromatic nitrogens is 1. The number of aryl methyl sites for hydroxylation is 2. The molecule has 3 rings (SSSR count). The number of hydrogen-bond donors (Lipinski definition) is 1. The van der Waals surface area contributed by atoms with Crippen molar-refractivity contribution in [2.75, 3.05) is 12.4 Å². The number of hydrogen-bond acceptors (Lipinski definition) is 6. The van der Waals surface area contributed by atoms with Gasteiger partial charge in [-0.1, -0.05) is 11.6 Å². The van der Waals surface area contributed by atoms with E-state index in [1.165, 1.54) is 18.4 Å². The third kappa shape index (κ3) is 3.14. The summed E-state index contributed by atoms with van der Waals surface area (Å²) < 4.78 is 9.89. The van der Waals surface area contributed by atoms with Crippen LogP contribution in [0.1, 0.15) is 56.3 Å².